The van der Waals surface area contributed by atoms with Gasteiger partial charge in [0.15, 0.2) is 6.29 Å². The standard InChI is InChI=1S/C17H28O4/c1-4-5-6-7-12-20-16-8-10-17(11-9-16)21-14-13-19-15(2)18-3/h8-11,15H,4-7,12-14H2,1-3H3. The Morgan fingerprint density at radius 3 is 2.05 bits per heavy atom. The Morgan fingerprint density at radius 1 is 0.857 bits per heavy atom. The van der Waals surface area contributed by atoms with Crippen molar-refractivity contribution < 1.29 is 18.9 Å². The second-order valence-electron chi connectivity index (χ2n) is 4.90. The number of methoxy groups -OCH3 is 1. The molecule has 0 bridgehead atoms. The zero-order valence-corrected chi connectivity index (χ0v) is 13.5. The maximum atomic E-state index is 5.68. The van der Waals surface area contributed by atoms with E-state index in [-0.39, 0.29) is 6.29 Å². The summed E-state index contributed by atoms with van der Waals surface area (Å²) in [6.45, 7) is 5.85. The molecule has 0 aliphatic rings. The Balaban J connectivity index is 2.15. The molecule has 1 atom stereocenters. The summed E-state index contributed by atoms with van der Waals surface area (Å²) in [5.41, 5.74) is 0. The highest BCUT2D eigenvalue weighted by atomic mass is 16.7. The zero-order valence-electron chi connectivity index (χ0n) is 13.5. The lowest BCUT2D eigenvalue weighted by Gasteiger charge is -2.12. The molecule has 4 heteroatoms. The molecule has 0 radical (unpaired) electrons. The number of hydrogen-bond donors (Lipinski definition) is 0. The van der Waals surface area contributed by atoms with Crippen LogP contribution >= 0.6 is 0 Å². The van der Waals surface area contributed by atoms with Crippen molar-refractivity contribution in [1.82, 2.24) is 0 Å². The molecule has 0 aliphatic carbocycles. The molecule has 0 saturated heterocycles. The van der Waals surface area contributed by atoms with Crippen LogP contribution < -0.4 is 9.47 Å². The van der Waals surface area contributed by atoms with Crippen molar-refractivity contribution in [3.8, 4) is 11.5 Å². The van der Waals surface area contributed by atoms with Crippen LogP contribution in [0.25, 0.3) is 0 Å². The molecule has 1 rings (SSSR count). The minimum Gasteiger partial charge on any atom is -0.494 e. The molecule has 0 amide bonds. The molecular formula is C17H28O4. The van der Waals surface area contributed by atoms with Crippen LogP contribution in [-0.2, 0) is 9.47 Å². The Labute approximate surface area is 128 Å². The van der Waals surface area contributed by atoms with Crippen LogP contribution in [0.3, 0.4) is 0 Å². The fourth-order valence-corrected chi connectivity index (χ4v) is 1.79. The summed E-state index contributed by atoms with van der Waals surface area (Å²) in [6, 6.07) is 7.71. The average Bonchev–Trinajstić information content (AvgIpc) is 2.52. The fourth-order valence-electron chi connectivity index (χ4n) is 1.79. The predicted molar refractivity (Wildman–Crippen MR) is 84.0 cm³/mol. The Morgan fingerprint density at radius 2 is 1.48 bits per heavy atom. The van der Waals surface area contributed by atoms with E-state index in [1.807, 2.05) is 31.2 Å². The average molecular weight is 296 g/mol. The van der Waals surface area contributed by atoms with Crippen molar-refractivity contribution in [2.75, 3.05) is 26.9 Å². The first-order valence-electron chi connectivity index (χ1n) is 7.76. The predicted octanol–water partition coefficient (Wildman–Crippen LogP) is 4.03. The van der Waals surface area contributed by atoms with Crippen LogP contribution in [0.2, 0.25) is 0 Å². The van der Waals surface area contributed by atoms with Crippen molar-refractivity contribution in [3.05, 3.63) is 24.3 Å². The minimum absolute atomic E-state index is 0.197. The molecule has 1 unspecified atom stereocenters. The second kappa shape index (κ2) is 11.4. The van der Waals surface area contributed by atoms with Crippen LogP contribution in [0.5, 0.6) is 11.5 Å². The van der Waals surface area contributed by atoms with E-state index in [9.17, 15) is 0 Å². The summed E-state index contributed by atoms with van der Waals surface area (Å²) in [4.78, 5) is 0. The van der Waals surface area contributed by atoms with E-state index in [0.29, 0.717) is 13.2 Å². The van der Waals surface area contributed by atoms with Gasteiger partial charge in [-0.25, -0.2) is 0 Å². The Bertz CT molecular complexity index is 350. The maximum Gasteiger partial charge on any atom is 0.154 e. The van der Waals surface area contributed by atoms with Gasteiger partial charge in [0.05, 0.1) is 13.2 Å². The van der Waals surface area contributed by atoms with E-state index in [1.54, 1.807) is 7.11 Å². The number of ether oxygens (including phenoxy) is 4. The van der Waals surface area contributed by atoms with Crippen molar-refractivity contribution >= 4 is 0 Å². The van der Waals surface area contributed by atoms with Gasteiger partial charge in [-0.15, -0.1) is 0 Å². The van der Waals surface area contributed by atoms with Gasteiger partial charge >= 0.3 is 0 Å². The molecule has 0 aliphatic heterocycles. The molecule has 0 aromatic heterocycles. The molecule has 0 spiro atoms. The maximum absolute atomic E-state index is 5.68. The van der Waals surface area contributed by atoms with Gasteiger partial charge in [0.2, 0.25) is 0 Å². The van der Waals surface area contributed by atoms with Crippen LogP contribution in [0.1, 0.15) is 39.5 Å². The van der Waals surface area contributed by atoms with Gasteiger partial charge < -0.3 is 18.9 Å². The van der Waals surface area contributed by atoms with E-state index < -0.39 is 0 Å². The van der Waals surface area contributed by atoms with Gasteiger partial charge in [-0.3, -0.25) is 0 Å². The topological polar surface area (TPSA) is 36.9 Å². The highest BCUT2D eigenvalue weighted by Crippen LogP contribution is 2.18. The number of unbranched alkanes of at least 4 members (excludes halogenated alkanes) is 3. The summed E-state index contributed by atoms with van der Waals surface area (Å²) in [7, 11) is 1.62. The number of hydrogen-bond acceptors (Lipinski definition) is 4. The van der Waals surface area contributed by atoms with Gasteiger partial charge in [0.1, 0.15) is 18.1 Å². The van der Waals surface area contributed by atoms with E-state index in [0.717, 1.165) is 24.5 Å². The molecule has 4 nitrogen and oxygen atoms in total. The van der Waals surface area contributed by atoms with E-state index in [2.05, 4.69) is 6.92 Å². The molecule has 0 N–H and O–H groups in total. The Kier molecular flexibility index (Phi) is 9.66. The number of rotatable bonds is 12. The number of benzene rings is 1. The lowest BCUT2D eigenvalue weighted by molar-refractivity contribution is -0.115. The summed E-state index contributed by atoms with van der Waals surface area (Å²) < 4.78 is 21.6. The summed E-state index contributed by atoms with van der Waals surface area (Å²) >= 11 is 0. The minimum atomic E-state index is -0.197. The first-order valence-corrected chi connectivity index (χ1v) is 7.76. The quantitative estimate of drug-likeness (QED) is 0.431. The van der Waals surface area contributed by atoms with Crippen LogP contribution in [-0.4, -0.2) is 33.2 Å². The lowest BCUT2D eigenvalue weighted by Crippen LogP contribution is -2.15. The van der Waals surface area contributed by atoms with Crippen molar-refractivity contribution in [1.29, 1.82) is 0 Å². The first-order chi connectivity index (χ1) is 10.3. The van der Waals surface area contributed by atoms with Gasteiger partial charge in [-0.2, -0.15) is 0 Å². The van der Waals surface area contributed by atoms with Gasteiger partial charge in [0.25, 0.3) is 0 Å². The van der Waals surface area contributed by atoms with Gasteiger partial charge in [0, 0.05) is 7.11 Å². The largest absolute Gasteiger partial charge is 0.494 e. The lowest BCUT2D eigenvalue weighted by atomic mass is 10.2. The first kappa shape index (κ1) is 17.8. The van der Waals surface area contributed by atoms with E-state index >= 15 is 0 Å². The smallest absolute Gasteiger partial charge is 0.154 e. The van der Waals surface area contributed by atoms with Crippen LogP contribution in [0.15, 0.2) is 24.3 Å². The molecular weight excluding hydrogens is 268 g/mol. The van der Waals surface area contributed by atoms with Gasteiger partial charge in [-0.05, 0) is 37.6 Å². The van der Waals surface area contributed by atoms with Crippen molar-refractivity contribution in [2.45, 2.75) is 45.8 Å². The van der Waals surface area contributed by atoms with Gasteiger partial charge in [-0.1, -0.05) is 26.2 Å². The normalized spacial score (nSPS) is 12.1. The van der Waals surface area contributed by atoms with Crippen LogP contribution in [0.4, 0.5) is 0 Å². The summed E-state index contributed by atoms with van der Waals surface area (Å²) in [6.07, 6.45) is 4.68. The third kappa shape index (κ3) is 8.58. The zero-order chi connectivity index (χ0) is 15.3. The van der Waals surface area contributed by atoms with Crippen LogP contribution in [0, 0.1) is 0 Å². The third-order valence-electron chi connectivity index (χ3n) is 3.13. The Hall–Kier alpha value is -1.26. The molecule has 0 heterocycles. The highest BCUT2D eigenvalue weighted by molar-refractivity contribution is 5.31. The molecule has 0 fully saturated rings. The molecule has 1 aromatic carbocycles. The SMILES string of the molecule is CCCCCCOc1ccc(OCCOC(C)OC)cc1. The molecule has 120 valence electrons. The fraction of sp³-hybridized carbons (Fsp3) is 0.647. The van der Waals surface area contributed by atoms with E-state index in [1.165, 1.54) is 19.3 Å². The molecule has 1 aromatic rings. The highest BCUT2D eigenvalue weighted by Gasteiger charge is 2.00. The van der Waals surface area contributed by atoms with Crippen molar-refractivity contribution in [2.24, 2.45) is 0 Å². The molecule has 21 heavy (non-hydrogen) atoms. The summed E-state index contributed by atoms with van der Waals surface area (Å²) in [5.74, 6) is 1.71. The molecule has 0 saturated carbocycles. The van der Waals surface area contributed by atoms with E-state index in [4.69, 9.17) is 18.9 Å². The second-order valence-corrected chi connectivity index (χ2v) is 4.90. The third-order valence-corrected chi connectivity index (χ3v) is 3.13. The van der Waals surface area contributed by atoms with Crippen molar-refractivity contribution in [3.63, 3.8) is 0 Å². The monoisotopic (exact) mass is 296 g/mol. The summed E-state index contributed by atoms with van der Waals surface area (Å²) in [5, 5.41) is 0.